The third-order valence-electron chi connectivity index (χ3n) is 16.8. The summed E-state index contributed by atoms with van der Waals surface area (Å²) in [6.45, 7) is 7.44. The number of aryl methyl sites for hydroxylation is 4. The molecular formula is C97H72F6N12O10. The number of carbonyl (C=O) groups excluding carboxylic acids is 5. The Morgan fingerprint density at radius 2 is 0.640 bits per heavy atom. The first-order valence-electron chi connectivity index (χ1n) is 37.6. The SMILES string of the molecule is C#Cc1cccc(C(=O)Nc2cc(F)cc(Oc3cccnc3)c2)c1.Cc1cccc(C(=O)Nc2cc(C#N)cc(Oc3cccnc3)c2)c1.Cc1cccc(C(=O)Nc2cc(F)cc(Oc3cccnc3)c2)c1.Cc1cccc(C(=O)Nc2cc(F)cc(Oc3cccnc3)c2)n1.Cc1cccc(C(=O)Nc2cc(Oc3cccnc3)cc(C(F)(F)F)c2)c1. The van der Waals surface area contributed by atoms with E-state index in [4.69, 9.17) is 30.1 Å². The predicted molar refractivity (Wildman–Crippen MR) is 460 cm³/mol. The Morgan fingerprint density at radius 1 is 0.328 bits per heavy atom. The van der Waals surface area contributed by atoms with Gasteiger partial charge in [-0.3, -0.25) is 48.9 Å². The lowest BCUT2D eigenvalue weighted by Gasteiger charge is -2.14. The Morgan fingerprint density at radius 3 is 0.960 bits per heavy atom. The number of anilines is 5. The fourth-order valence-electron chi connectivity index (χ4n) is 11.3. The lowest BCUT2D eigenvalue weighted by Crippen LogP contribution is -2.14. The van der Waals surface area contributed by atoms with Gasteiger partial charge in [0, 0.05) is 141 Å². The Hall–Kier alpha value is -17.1. The maximum Gasteiger partial charge on any atom is 0.416 e. The third-order valence-corrected chi connectivity index (χ3v) is 16.8. The highest BCUT2D eigenvalue weighted by atomic mass is 19.4. The van der Waals surface area contributed by atoms with E-state index in [1.54, 1.807) is 214 Å². The molecule has 0 saturated carbocycles. The number of pyridine rings is 6. The maximum atomic E-state index is 13.8. The lowest BCUT2D eigenvalue weighted by molar-refractivity contribution is -0.137. The highest BCUT2D eigenvalue weighted by Gasteiger charge is 2.32. The number of nitrogens with zero attached hydrogens (tertiary/aromatic N) is 7. The zero-order valence-electron chi connectivity index (χ0n) is 66.7. The zero-order chi connectivity index (χ0) is 88.6. The second-order valence-corrected chi connectivity index (χ2v) is 26.9. The summed E-state index contributed by atoms with van der Waals surface area (Å²) in [4.78, 5) is 85.3. The molecule has 15 aromatic rings. The first-order valence-corrected chi connectivity index (χ1v) is 37.6. The highest BCUT2D eigenvalue weighted by molar-refractivity contribution is 6.07. The number of carbonyl (C=O) groups is 5. The van der Waals surface area contributed by atoms with Crippen molar-refractivity contribution in [3.8, 4) is 75.9 Å². The molecule has 5 N–H and O–H groups in total. The number of ether oxygens (including phenoxy) is 5. The van der Waals surface area contributed by atoms with E-state index in [2.05, 4.69) is 68.5 Å². The first-order chi connectivity index (χ1) is 60.3. The van der Waals surface area contributed by atoms with Crippen LogP contribution in [0.4, 0.5) is 54.8 Å². The van der Waals surface area contributed by atoms with Crippen LogP contribution in [0, 0.1) is 68.8 Å². The smallest absolute Gasteiger partial charge is 0.416 e. The number of aromatic nitrogens is 6. The van der Waals surface area contributed by atoms with Crippen molar-refractivity contribution in [1.82, 2.24) is 29.9 Å². The van der Waals surface area contributed by atoms with Gasteiger partial charge in [0.1, 0.15) is 80.6 Å². The molecule has 28 heteroatoms. The lowest BCUT2D eigenvalue weighted by atomic mass is 10.1. The number of nitriles is 1. The molecule has 9 aromatic carbocycles. The van der Waals surface area contributed by atoms with Gasteiger partial charge in [0.25, 0.3) is 29.5 Å². The van der Waals surface area contributed by atoms with Crippen LogP contribution in [0.3, 0.4) is 0 Å². The first kappa shape index (κ1) is 88.7. The largest absolute Gasteiger partial charge is 0.456 e. The van der Waals surface area contributed by atoms with E-state index in [0.29, 0.717) is 73.5 Å². The minimum Gasteiger partial charge on any atom is -0.456 e. The highest BCUT2D eigenvalue weighted by Crippen LogP contribution is 2.37. The summed E-state index contributed by atoms with van der Waals surface area (Å²) < 4.78 is 109. The summed E-state index contributed by atoms with van der Waals surface area (Å²) >= 11 is 0. The van der Waals surface area contributed by atoms with Crippen LogP contribution < -0.4 is 50.3 Å². The van der Waals surface area contributed by atoms with Gasteiger partial charge in [-0.15, -0.1) is 6.42 Å². The number of hydrogen-bond acceptors (Lipinski definition) is 17. The van der Waals surface area contributed by atoms with E-state index in [9.17, 15) is 55.6 Å². The number of halogens is 6. The molecule has 0 radical (unpaired) electrons. The summed E-state index contributed by atoms with van der Waals surface area (Å²) in [5, 5.41) is 22.4. The molecule has 0 spiro atoms. The molecule has 6 aromatic heterocycles. The quantitative estimate of drug-likeness (QED) is 0.0350. The second-order valence-electron chi connectivity index (χ2n) is 26.9. The molecular weight excluding hydrogens is 1610 g/mol. The molecule has 15 rings (SSSR count). The average molecular weight is 1680 g/mol. The molecule has 125 heavy (non-hydrogen) atoms. The normalized spacial score (nSPS) is 10.3. The van der Waals surface area contributed by atoms with Crippen LogP contribution in [-0.2, 0) is 6.18 Å². The second kappa shape index (κ2) is 43.5. The molecule has 0 aliphatic rings. The van der Waals surface area contributed by atoms with Crippen molar-refractivity contribution in [2.45, 2.75) is 33.9 Å². The summed E-state index contributed by atoms with van der Waals surface area (Å²) in [6.07, 6.45) is 16.2. The molecule has 22 nitrogen and oxygen atoms in total. The van der Waals surface area contributed by atoms with Crippen molar-refractivity contribution in [2.75, 3.05) is 26.6 Å². The minimum atomic E-state index is -4.59. The summed E-state index contributed by atoms with van der Waals surface area (Å²) in [5.41, 5.74) is 7.02. The molecule has 0 saturated heterocycles. The topological polar surface area (TPSA) is 293 Å². The summed E-state index contributed by atoms with van der Waals surface area (Å²) in [6, 6.07) is 71.9. The number of amides is 5. The summed E-state index contributed by atoms with van der Waals surface area (Å²) in [7, 11) is 0. The Bertz CT molecular complexity index is 6230. The predicted octanol–water partition coefficient (Wildman–Crippen LogP) is 22.5. The van der Waals surface area contributed by atoms with Crippen LogP contribution in [0.25, 0.3) is 0 Å². The molecule has 0 fully saturated rings. The van der Waals surface area contributed by atoms with E-state index >= 15 is 0 Å². The van der Waals surface area contributed by atoms with Gasteiger partial charge in [0.2, 0.25) is 0 Å². The van der Waals surface area contributed by atoms with Crippen LogP contribution in [-0.4, -0.2) is 59.4 Å². The van der Waals surface area contributed by atoms with E-state index < -0.39 is 46.9 Å². The number of nitrogens with one attached hydrogen (secondary N) is 5. The van der Waals surface area contributed by atoms with E-state index in [-0.39, 0.29) is 63.3 Å². The van der Waals surface area contributed by atoms with Gasteiger partial charge >= 0.3 is 6.18 Å². The molecule has 0 bridgehead atoms. The van der Waals surface area contributed by atoms with Gasteiger partial charge < -0.3 is 50.3 Å². The van der Waals surface area contributed by atoms with Gasteiger partial charge in [-0.2, -0.15) is 18.4 Å². The van der Waals surface area contributed by atoms with Gasteiger partial charge in [-0.25, -0.2) is 18.2 Å². The summed E-state index contributed by atoms with van der Waals surface area (Å²) in [5.74, 6) is 2.47. The number of alkyl halides is 3. The van der Waals surface area contributed by atoms with Crippen molar-refractivity contribution in [3.05, 3.63) is 413 Å². The fraction of sp³-hybridized carbons (Fsp3) is 0.0515. The van der Waals surface area contributed by atoms with E-state index in [1.807, 2.05) is 45.0 Å². The van der Waals surface area contributed by atoms with Crippen LogP contribution >= 0.6 is 0 Å². The van der Waals surface area contributed by atoms with Gasteiger partial charge in [0.15, 0.2) is 0 Å². The maximum absolute atomic E-state index is 13.8. The fourth-order valence-corrected chi connectivity index (χ4v) is 11.3. The van der Waals surface area contributed by atoms with E-state index in [0.717, 1.165) is 34.5 Å². The molecule has 0 atom stereocenters. The van der Waals surface area contributed by atoms with Crippen LogP contribution in [0.5, 0.6) is 57.5 Å². The van der Waals surface area contributed by atoms with Crippen LogP contribution in [0.15, 0.2) is 329 Å². The van der Waals surface area contributed by atoms with Gasteiger partial charge in [-0.05, 0) is 198 Å². The number of benzene rings is 9. The molecule has 5 amide bonds. The monoisotopic (exact) mass is 1680 g/mol. The Balaban J connectivity index is 0.000000152. The van der Waals surface area contributed by atoms with Crippen molar-refractivity contribution in [2.24, 2.45) is 0 Å². The molecule has 6 heterocycles. The number of hydrogen-bond donors (Lipinski definition) is 5. The van der Waals surface area contributed by atoms with Crippen LogP contribution in [0.2, 0.25) is 0 Å². The Labute approximate surface area is 713 Å². The number of rotatable bonds is 20. The van der Waals surface area contributed by atoms with Crippen LogP contribution in [0.1, 0.15) is 91.0 Å². The van der Waals surface area contributed by atoms with Gasteiger partial charge in [-0.1, -0.05) is 71.1 Å². The zero-order valence-corrected chi connectivity index (χ0v) is 66.7. The standard InChI is InChI=1S/C20H15F3N2O2.C20H13FN2O2.C20H15N3O2.C19H15FN2O2.C18H14FN3O2/c1-13-4-2-5-14(8-13)19(26)25-16-9-15(20(21,22)23)10-18(11-16)27-17-6-3-7-24-12-17;1-2-14-5-3-6-15(9-14)20(24)23-17-10-16(21)11-19(12-17)25-18-7-4-8-22-13-18;1-14-4-2-5-16(8-14)20(24)23-17-9-15(12-21)10-19(11-17)25-18-6-3-7-22-13-18;1-13-4-2-5-14(8-13)19(23)22-16-9-15(20)10-18(11-16)24-17-6-3-7-21-12-17;1-12-4-2-6-17(21-12)18(23)22-14-8-13(19)9-16(10-14)24-15-5-3-7-20-11-15/h2-12H,1H3,(H,25,26);1,3-13H,(H,23,24);2-11,13H,1H3,(H,23,24);2-12H,1H3,(H,22,23);2-11H,1H3,(H,22,23). The van der Waals surface area contributed by atoms with E-state index in [1.165, 1.54) is 85.6 Å². The van der Waals surface area contributed by atoms with Gasteiger partial charge in [0.05, 0.1) is 48.2 Å². The number of terminal acetylenes is 1. The third kappa shape index (κ3) is 28.6. The molecule has 0 unspecified atom stereocenters. The molecule has 0 aliphatic carbocycles. The minimum absolute atomic E-state index is 0.0183. The molecule has 622 valence electrons. The van der Waals surface area contributed by atoms with Crippen molar-refractivity contribution < 1.29 is 74.0 Å². The Kier molecular flexibility index (Phi) is 30.9. The van der Waals surface area contributed by atoms with Crippen molar-refractivity contribution in [1.29, 1.82) is 5.26 Å². The van der Waals surface area contributed by atoms with Crippen molar-refractivity contribution >= 4 is 58.0 Å². The average Bonchev–Trinajstić information content (AvgIpc) is 0.830. The molecule has 0 aliphatic heterocycles. The van der Waals surface area contributed by atoms with Crippen molar-refractivity contribution in [3.63, 3.8) is 0 Å².